The minimum absolute atomic E-state index is 0.348. The van der Waals surface area contributed by atoms with E-state index in [9.17, 15) is 9.59 Å². The van der Waals surface area contributed by atoms with E-state index in [2.05, 4.69) is 10.6 Å². The molecule has 0 fully saturated rings. The molecule has 0 radical (unpaired) electrons. The Bertz CT molecular complexity index is 956. The number of hydrogen-bond donors (Lipinski definition) is 2. The highest BCUT2D eigenvalue weighted by molar-refractivity contribution is 6.39. The van der Waals surface area contributed by atoms with E-state index in [0.717, 1.165) is 11.3 Å². The number of methoxy groups -OCH3 is 1. The molecule has 29 heavy (non-hydrogen) atoms. The van der Waals surface area contributed by atoms with Gasteiger partial charge in [-0.2, -0.15) is 0 Å². The molecule has 148 valence electrons. The summed E-state index contributed by atoms with van der Waals surface area (Å²) in [4.78, 5) is 24.4. The molecule has 0 unspecified atom stereocenters. The van der Waals surface area contributed by atoms with Gasteiger partial charge in [0, 0.05) is 6.54 Å². The number of benzene rings is 3. The van der Waals surface area contributed by atoms with Crippen molar-refractivity contribution in [2.24, 2.45) is 0 Å². The Morgan fingerprint density at radius 1 is 0.793 bits per heavy atom. The molecule has 0 aliphatic rings. The van der Waals surface area contributed by atoms with Crippen LogP contribution in [-0.2, 0) is 16.0 Å². The number of nitrogens with one attached hydrogen (secondary N) is 2. The molecule has 3 aromatic rings. The number of hydrogen-bond acceptors (Lipinski definition) is 4. The zero-order valence-corrected chi connectivity index (χ0v) is 16.1. The third-order valence-electron chi connectivity index (χ3n) is 4.17. The Balaban J connectivity index is 1.53. The van der Waals surface area contributed by atoms with Gasteiger partial charge in [0.25, 0.3) is 0 Å². The maximum absolute atomic E-state index is 12.2. The Morgan fingerprint density at radius 3 is 2.21 bits per heavy atom. The van der Waals surface area contributed by atoms with Gasteiger partial charge in [-0.1, -0.05) is 42.5 Å². The first-order valence-electron chi connectivity index (χ1n) is 9.20. The lowest BCUT2D eigenvalue weighted by molar-refractivity contribution is -0.136. The highest BCUT2D eigenvalue weighted by Gasteiger charge is 2.15. The molecule has 0 spiro atoms. The first kappa shape index (κ1) is 19.9. The quantitative estimate of drug-likeness (QED) is 0.602. The van der Waals surface area contributed by atoms with Crippen molar-refractivity contribution < 1.29 is 19.1 Å². The fourth-order valence-corrected chi connectivity index (χ4v) is 2.65. The van der Waals surface area contributed by atoms with Gasteiger partial charge in [0.2, 0.25) is 0 Å². The third-order valence-corrected chi connectivity index (χ3v) is 4.17. The monoisotopic (exact) mass is 390 g/mol. The molecule has 6 heteroatoms. The third kappa shape index (κ3) is 5.84. The maximum Gasteiger partial charge on any atom is 0.313 e. The lowest BCUT2D eigenvalue weighted by Gasteiger charge is -2.12. The predicted octanol–water partition coefficient (Wildman–Crippen LogP) is 3.78. The van der Waals surface area contributed by atoms with Crippen LogP contribution in [0.2, 0.25) is 0 Å². The van der Waals surface area contributed by atoms with E-state index < -0.39 is 11.8 Å². The zero-order chi connectivity index (χ0) is 20.5. The summed E-state index contributed by atoms with van der Waals surface area (Å²) in [5, 5.41) is 5.23. The van der Waals surface area contributed by atoms with Gasteiger partial charge in [0.05, 0.1) is 12.8 Å². The smallest absolute Gasteiger partial charge is 0.313 e. The van der Waals surface area contributed by atoms with Gasteiger partial charge in [-0.3, -0.25) is 9.59 Å². The summed E-state index contributed by atoms with van der Waals surface area (Å²) in [7, 11) is 1.61. The van der Waals surface area contributed by atoms with Crippen LogP contribution in [0.1, 0.15) is 5.56 Å². The zero-order valence-electron chi connectivity index (χ0n) is 16.1. The van der Waals surface area contributed by atoms with Crippen LogP contribution in [0.3, 0.4) is 0 Å². The van der Waals surface area contributed by atoms with Crippen LogP contribution in [0.15, 0.2) is 78.9 Å². The van der Waals surface area contributed by atoms with Crippen molar-refractivity contribution in [3.63, 3.8) is 0 Å². The van der Waals surface area contributed by atoms with Crippen LogP contribution in [-0.4, -0.2) is 25.5 Å². The second kappa shape index (κ2) is 9.94. The van der Waals surface area contributed by atoms with Crippen molar-refractivity contribution in [1.29, 1.82) is 0 Å². The topological polar surface area (TPSA) is 76.7 Å². The molecule has 0 bridgehead atoms. The average Bonchev–Trinajstić information content (AvgIpc) is 2.76. The lowest BCUT2D eigenvalue weighted by atomic mass is 10.1. The Labute approximate surface area is 169 Å². The summed E-state index contributed by atoms with van der Waals surface area (Å²) in [5.41, 5.74) is 1.46. The SMILES string of the molecule is COc1ccc(CCNC(=O)C(=O)Nc2ccccc2Oc2ccccc2)cc1. The molecule has 0 atom stereocenters. The highest BCUT2D eigenvalue weighted by atomic mass is 16.5. The molecule has 3 rings (SSSR count). The first-order valence-corrected chi connectivity index (χ1v) is 9.20. The minimum atomic E-state index is -0.746. The fourth-order valence-electron chi connectivity index (χ4n) is 2.65. The van der Waals surface area contributed by atoms with E-state index in [1.165, 1.54) is 0 Å². The summed E-state index contributed by atoms with van der Waals surface area (Å²) in [6, 6.07) is 23.7. The standard InChI is InChI=1S/C23H22N2O4/c1-28-18-13-11-17(12-14-18)15-16-24-22(26)23(27)25-20-9-5-6-10-21(20)29-19-7-3-2-4-8-19/h2-14H,15-16H2,1H3,(H,24,26)(H,25,27). The molecular formula is C23H22N2O4. The summed E-state index contributed by atoms with van der Waals surface area (Å²) in [6.07, 6.45) is 0.608. The van der Waals surface area contributed by atoms with E-state index in [4.69, 9.17) is 9.47 Å². The van der Waals surface area contributed by atoms with Crippen molar-refractivity contribution in [3.05, 3.63) is 84.4 Å². The van der Waals surface area contributed by atoms with E-state index in [1.807, 2.05) is 54.6 Å². The molecule has 0 saturated carbocycles. The molecule has 2 N–H and O–H groups in total. The summed E-state index contributed by atoms with van der Waals surface area (Å²) in [5.74, 6) is 0.418. The van der Waals surface area contributed by atoms with Gasteiger partial charge in [0.15, 0.2) is 5.75 Å². The molecular weight excluding hydrogens is 368 g/mol. The van der Waals surface area contributed by atoms with E-state index in [1.54, 1.807) is 31.4 Å². The van der Waals surface area contributed by atoms with Crippen molar-refractivity contribution in [3.8, 4) is 17.2 Å². The predicted molar refractivity (Wildman–Crippen MR) is 111 cm³/mol. The molecule has 0 aliphatic heterocycles. The molecule has 0 heterocycles. The van der Waals surface area contributed by atoms with Gasteiger partial charge in [-0.25, -0.2) is 0 Å². The summed E-state index contributed by atoms with van der Waals surface area (Å²) >= 11 is 0. The van der Waals surface area contributed by atoms with Gasteiger partial charge in [-0.15, -0.1) is 0 Å². The molecule has 2 amide bonds. The maximum atomic E-state index is 12.2. The minimum Gasteiger partial charge on any atom is -0.497 e. The number of para-hydroxylation sites is 3. The number of amides is 2. The van der Waals surface area contributed by atoms with E-state index >= 15 is 0 Å². The van der Waals surface area contributed by atoms with Crippen molar-refractivity contribution in [1.82, 2.24) is 5.32 Å². The normalized spacial score (nSPS) is 10.1. The first-order chi connectivity index (χ1) is 14.2. The Kier molecular flexibility index (Phi) is 6.84. The highest BCUT2D eigenvalue weighted by Crippen LogP contribution is 2.28. The fraction of sp³-hybridized carbons (Fsp3) is 0.130. The van der Waals surface area contributed by atoms with Gasteiger partial charge < -0.3 is 20.1 Å². The average molecular weight is 390 g/mol. The van der Waals surface area contributed by atoms with Gasteiger partial charge in [-0.05, 0) is 48.4 Å². The van der Waals surface area contributed by atoms with Crippen molar-refractivity contribution >= 4 is 17.5 Å². The largest absolute Gasteiger partial charge is 0.497 e. The number of rotatable bonds is 7. The second-order valence-corrected chi connectivity index (χ2v) is 6.22. The van der Waals surface area contributed by atoms with Crippen LogP contribution >= 0.6 is 0 Å². The molecule has 3 aromatic carbocycles. The van der Waals surface area contributed by atoms with Crippen molar-refractivity contribution in [2.75, 3.05) is 19.0 Å². The molecule has 0 aromatic heterocycles. The van der Waals surface area contributed by atoms with Crippen LogP contribution in [0, 0.1) is 0 Å². The molecule has 0 saturated heterocycles. The van der Waals surface area contributed by atoms with E-state index in [-0.39, 0.29) is 0 Å². The van der Waals surface area contributed by atoms with Crippen LogP contribution < -0.4 is 20.1 Å². The number of carbonyl (C=O) groups is 2. The van der Waals surface area contributed by atoms with Gasteiger partial charge in [0.1, 0.15) is 11.5 Å². The Morgan fingerprint density at radius 2 is 1.48 bits per heavy atom. The molecule has 6 nitrogen and oxygen atoms in total. The summed E-state index contributed by atoms with van der Waals surface area (Å²) in [6.45, 7) is 0.348. The van der Waals surface area contributed by atoms with Crippen LogP contribution in [0.25, 0.3) is 0 Å². The second-order valence-electron chi connectivity index (χ2n) is 6.22. The van der Waals surface area contributed by atoms with Crippen LogP contribution in [0.4, 0.5) is 5.69 Å². The molecule has 0 aliphatic carbocycles. The van der Waals surface area contributed by atoms with E-state index in [0.29, 0.717) is 30.2 Å². The Hall–Kier alpha value is -3.80. The number of ether oxygens (including phenoxy) is 2. The van der Waals surface area contributed by atoms with Gasteiger partial charge >= 0.3 is 11.8 Å². The number of anilines is 1. The number of carbonyl (C=O) groups excluding carboxylic acids is 2. The summed E-state index contributed by atoms with van der Waals surface area (Å²) < 4.78 is 10.9. The van der Waals surface area contributed by atoms with Crippen molar-refractivity contribution in [2.45, 2.75) is 6.42 Å². The lowest BCUT2D eigenvalue weighted by Crippen LogP contribution is -2.36. The van der Waals surface area contributed by atoms with Crippen LogP contribution in [0.5, 0.6) is 17.2 Å².